The highest BCUT2D eigenvalue weighted by Gasteiger charge is 2.19. The average Bonchev–Trinajstić information content (AvgIpc) is 3.68. The van der Waals surface area contributed by atoms with Crippen LogP contribution in [0.25, 0.3) is 89.2 Å². The van der Waals surface area contributed by atoms with Crippen molar-refractivity contribution in [2.24, 2.45) is 0 Å². The topological polar surface area (TPSA) is 65.0 Å². The Bertz CT molecular complexity index is 2550. The molecule has 0 spiro atoms. The first-order valence-corrected chi connectivity index (χ1v) is 14.9. The van der Waals surface area contributed by atoms with Crippen LogP contribution in [-0.2, 0) is 0 Å². The molecule has 212 valence electrons. The molecule has 5 heteroatoms. The Balaban J connectivity index is 1.26. The SMILES string of the molecule is Cc1cccc2c1oc1c(-c3nc(-c4ccccc4)nc(-c4ccc5c(c4)oc4cccc(-c6ccccc6)c45)n3)cccc12. The average molecular weight is 580 g/mol. The van der Waals surface area contributed by atoms with Crippen molar-refractivity contribution in [3.8, 4) is 45.3 Å². The second-order valence-corrected chi connectivity index (χ2v) is 11.3. The summed E-state index contributed by atoms with van der Waals surface area (Å²) in [4.78, 5) is 15.0. The minimum Gasteiger partial charge on any atom is -0.456 e. The number of rotatable bonds is 4. The third kappa shape index (κ3) is 4.13. The number of furan rings is 2. The summed E-state index contributed by atoms with van der Waals surface area (Å²) in [6, 6.07) is 45.2. The van der Waals surface area contributed by atoms with Gasteiger partial charge in [-0.05, 0) is 47.9 Å². The molecule has 0 unspecified atom stereocenters. The number of nitrogens with zero attached hydrogens (tertiary/aromatic N) is 3. The van der Waals surface area contributed by atoms with Crippen LogP contribution in [0.4, 0.5) is 0 Å². The summed E-state index contributed by atoms with van der Waals surface area (Å²) in [7, 11) is 0. The highest BCUT2D eigenvalue weighted by atomic mass is 16.3. The van der Waals surface area contributed by atoms with Gasteiger partial charge in [-0.2, -0.15) is 0 Å². The summed E-state index contributed by atoms with van der Waals surface area (Å²) in [5, 5.41) is 4.26. The van der Waals surface area contributed by atoms with E-state index >= 15 is 0 Å². The van der Waals surface area contributed by atoms with Crippen molar-refractivity contribution in [1.29, 1.82) is 0 Å². The van der Waals surface area contributed by atoms with Crippen LogP contribution in [0.2, 0.25) is 0 Å². The lowest BCUT2D eigenvalue weighted by molar-refractivity contribution is 0.666. The van der Waals surface area contributed by atoms with E-state index in [1.807, 2.05) is 66.7 Å². The first-order valence-electron chi connectivity index (χ1n) is 14.9. The Labute approximate surface area is 258 Å². The highest BCUT2D eigenvalue weighted by molar-refractivity contribution is 6.13. The van der Waals surface area contributed by atoms with Crippen LogP contribution < -0.4 is 0 Å². The molecule has 0 saturated carbocycles. The van der Waals surface area contributed by atoms with Crippen molar-refractivity contribution in [3.63, 3.8) is 0 Å². The molecule has 0 aliphatic rings. The van der Waals surface area contributed by atoms with E-state index in [-0.39, 0.29) is 0 Å². The molecular formula is C40H25N3O2. The summed E-state index contributed by atoms with van der Waals surface area (Å²) >= 11 is 0. The van der Waals surface area contributed by atoms with Crippen LogP contribution in [0.3, 0.4) is 0 Å². The Kier molecular flexibility index (Phi) is 5.65. The van der Waals surface area contributed by atoms with E-state index in [1.54, 1.807) is 0 Å². The molecule has 3 heterocycles. The van der Waals surface area contributed by atoms with Gasteiger partial charge in [0.05, 0.1) is 5.56 Å². The molecule has 0 aliphatic heterocycles. The smallest absolute Gasteiger partial charge is 0.167 e. The predicted molar refractivity (Wildman–Crippen MR) is 181 cm³/mol. The normalized spacial score (nSPS) is 11.7. The fourth-order valence-corrected chi connectivity index (χ4v) is 6.30. The van der Waals surface area contributed by atoms with E-state index in [0.29, 0.717) is 17.5 Å². The molecule has 45 heavy (non-hydrogen) atoms. The van der Waals surface area contributed by atoms with Gasteiger partial charge in [0.1, 0.15) is 22.3 Å². The highest BCUT2D eigenvalue weighted by Crippen LogP contribution is 2.39. The van der Waals surface area contributed by atoms with Gasteiger partial charge >= 0.3 is 0 Å². The molecule has 0 fully saturated rings. The summed E-state index contributed by atoms with van der Waals surface area (Å²) in [5.41, 5.74) is 9.22. The maximum absolute atomic E-state index is 6.48. The van der Waals surface area contributed by atoms with Crippen LogP contribution in [-0.4, -0.2) is 15.0 Å². The van der Waals surface area contributed by atoms with Gasteiger partial charge in [0.15, 0.2) is 17.5 Å². The summed E-state index contributed by atoms with van der Waals surface area (Å²) < 4.78 is 12.9. The quantitative estimate of drug-likeness (QED) is 0.207. The van der Waals surface area contributed by atoms with E-state index in [4.69, 9.17) is 23.8 Å². The maximum atomic E-state index is 6.48. The third-order valence-electron chi connectivity index (χ3n) is 8.47. The number of aryl methyl sites for hydroxylation is 1. The van der Waals surface area contributed by atoms with E-state index < -0.39 is 0 Å². The first kappa shape index (κ1) is 25.4. The van der Waals surface area contributed by atoms with Gasteiger partial charge in [0, 0.05) is 32.7 Å². The number of fused-ring (bicyclic) bond motifs is 6. The monoisotopic (exact) mass is 579 g/mol. The largest absolute Gasteiger partial charge is 0.456 e. The van der Waals surface area contributed by atoms with Crippen LogP contribution in [0.5, 0.6) is 0 Å². The molecule has 9 rings (SSSR count). The second-order valence-electron chi connectivity index (χ2n) is 11.3. The van der Waals surface area contributed by atoms with Crippen molar-refractivity contribution in [2.45, 2.75) is 6.92 Å². The summed E-state index contributed by atoms with van der Waals surface area (Å²) in [5.74, 6) is 1.71. The number of para-hydroxylation sites is 2. The third-order valence-corrected chi connectivity index (χ3v) is 8.47. The van der Waals surface area contributed by atoms with Gasteiger partial charge < -0.3 is 8.83 Å². The first-order chi connectivity index (χ1) is 22.2. The van der Waals surface area contributed by atoms with Crippen molar-refractivity contribution in [3.05, 3.63) is 139 Å². The molecule has 0 N–H and O–H groups in total. The zero-order valence-electron chi connectivity index (χ0n) is 24.4. The number of aromatic nitrogens is 3. The van der Waals surface area contributed by atoms with Gasteiger partial charge in [-0.3, -0.25) is 0 Å². The Morgan fingerprint density at radius 2 is 1.07 bits per heavy atom. The lowest BCUT2D eigenvalue weighted by Gasteiger charge is -2.09. The lowest BCUT2D eigenvalue weighted by Crippen LogP contribution is -2.00. The molecule has 5 nitrogen and oxygen atoms in total. The van der Waals surface area contributed by atoms with Gasteiger partial charge in [-0.25, -0.2) is 15.0 Å². The Morgan fingerprint density at radius 1 is 0.422 bits per heavy atom. The van der Waals surface area contributed by atoms with Crippen LogP contribution in [0.15, 0.2) is 142 Å². The molecule has 0 atom stereocenters. The van der Waals surface area contributed by atoms with E-state index in [2.05, 4.69) is 73.7 Å². The zero-order chi connectivity index (χ0) is 29.9. The minimum atomic E-state index is 0.553. The van der Waals surface area contributed by atoms with Gasteiger partial charge in [0.25, 0.3) is 0 Å². The van der Waals surface area contributed by atoms with Crippen LogP contribution >= 0.6 is 0 Å². The number of benzene rings is 6. The fourth-order valence-electron chi connectivity index (χ4n) is 6.30. The predicted octanol–water partition coefficient (Wildman–Crippen LogP) is 10.6. The van der Waals surface area contributed by atoms with Gasteiger partial charge in [0.2, 0.25) is 0 Å². The lowest BCUT2D eigenvalue weighted by atomic mass is 9.99. The van der Waals surface area contributed by atoms with Crippen LogP contribution in [0.1, 0.15) is 5.56 Å². The van der Waals surface area contributed by atoms with E-state index in [0.717, 1.165) is 77.3 Å². The van der Waals surface area contributed by atoms with E-state index in [1.165, 1.54) is 0 Å². The van der Waals surface area contributed by atoms with Crippen molar-refractivity contribution in [2.75, 3.05) is 0 Å². The molecule has 0 bridgehead atoms. The molecule has 3 aromatic heterocycles. The number of hydrogen-bond acceptors (Lipinski definition) is 5. The number of hydrogen-bond donors (Lipinski definition) is 0. The van der Waals surface area contributed by atoms with E-state index in [9.17, 15) is 0 Å². The standard InChI is InChI=1S/C40H25N3O2/c1-24-11-8-17-29-30-18-9-19-32(37(30)45-36(24)29)40-42-38(26-14-6-3-7-15-26)41-39(43-40)27-21-22-31-34(23-27)44-33-20-10-16-28(35(31)33)25-12-4-2-5-13-25/h2-23H,1H3. The van der Waals surface area contributed by atoms with Gasteiger partial charge in [-0.15, -0.1) is 0 Å². The van der Waals surface area contributed by atoms with Gasteiger partial charge in [-0.1, -0.05) is 109 Å². The zero-order valence-corrected chi connectivity index (χ0v) is 24.4. The maximum Gasteiger partial charge on any atom is 0.167 e. The Morgan fingerprint density at radius 3 is 1.87 bits per heavy atom. The molecule has 0 amide bonds. The van der Waals surface area contributed by atoms with Crippen molar-refractivity contribution < 1.29 is 8.83 Å². The van der Waals surface area contributed by atoms with Crippen molar-refractivity contribution in [1.82, 2.24) is 15.0 Å². The fraction of sp³-hybridized carbons (Fsp3) is 0.0250. The minimum absolute atomic E-state index is 0.553. The summed E-state index contributed by atoms with van der Waals surface area (Å²) in [6.45, 7) is 2.07. The molecule has 9 aromatic rings. The Hall–Kier alpha value is -6.07. The molecule has 0 saturated heterocycles. The molecule has 0 aliphatic carbocycles. The van der Waals surface area contributed by atoms with Crippen LogP contribution in [0, 0.1) is 6.92 Å². The molecular weight excluding hydrogens is 554 g/mol. The molecule has 0 radical (unpaired) electrons. The van der Waals surface area contributed by atoms with Crippen molar-refractivity contribution >= 4 is 43.9 Å². The summed E-state index contributed by atoms with van der Waals surface area (Å²) in [6.07, 6.45) is 0. The second kappa shape index (κ2) is 10.00. The molecule has 6 aromatic carbocycles.